The van der Waals surface area contributed by atoms with Gasteiger partial charge >= 0.3 is 5.97 Å². The molecule has 21 heavy (non-hydrogen) atoms. The van der Waals surface area contributed by atoms with Crippen LogP contribution in [-0.4, -0.2) is 37.0 Å². The summed E-state index contributed by atoms with van der Waals surface area (Å²) >= 11 is 0. The first kappa shape index (κ1) is 15.4. The lowest BCUT2D eigenvalue weighted by Gasteiger charge is -2.11. The van der Waals surface area contributed by atoms with Crippen molar-refractivity contribution in [1.29, 1.82) is 0 Å². The summed E-state index contributed by atoms with van der Waals surface area (Å²) in [6.07, 6.45) is 0. The topological polar surface area (TPSA) is 146 Å². The summed E-state index contributed by atoms with van der Waals surface area (Å²) in [6.45, 7) is 0. The maximum atomic E-state index is 11.4. The molecule has 0 bridgehead atoms. The van der Waals surface area contributed by atoms with Crippen molar-refractivity contribution in [3.63, 3.8) is 0 Å². The van der Waals surface area contributed by atoms with Gasteiger partial charge < -0.3 is 5.11 Å². The minimum absolute atomic E-state index is 0.0926. The summed E-state index contributed by atoms with van der Waals surface area (Å²) in [6, 6.07) is 5.61. The highest BCUT2D eigenvalue weighted by Crippen LogP contribution is 2.32. The van der Waals surface area contributed by atoms with E-state index in [0.29, 0.717) is 6.07 Å². The molecule has 2 rings (SSSR count). The van der Waals surface area contributed by atoms with Crippen molar-refractivity contribution in [3.8, 4) is 0 Å². The SMILES string of the molecule is O=C(O)c1cc(S(=O)(=O)O)c(S(=O)(=O)O)c2ccccc12. The largest absolute Gasteiger partial charge is 0.478 e. The number of hydrogen-bond donors (Lipinski definition) is 3. The van der Waals surface area contributed by atoms with E-state index in [1.807, 2.05) is 0 Å². The number of benzene rings is 2. The van der Waals surface area contributed by atoms with Crippen LogP contribution in [0.4, 0.5) is 0 Å². The van der Waals surface area contributed by atoms with Crippen LogP contribution in [0.5, 0.6) is 0 Å². The van der Waals surface area contributed by atoms with E-state index in [9.17, 15) is 26.2 Å². The van der Waals surface area contributed by atoms with Gasteiger partial charge in [0, 0.05) is 5.39 Å². The molecule has 0 amide bonds. The summed E-state index contributed by atoms with van der Waals surface area (Å²) in [5, 5.41) is 8.66. The number of aromatic carboxylic acids is 1. The fourth-order valence-electron chi connectivity index (χ4n) is 1.96. The first-order valence-electron chi connectivity index (χ1n) is 5.27. The number of carbonyl (C=O) groups is 1. The van der Waals surface area contributed by atoms with Crippen LogP contribution in [0.1, 0.15) is 10.4 Å². The Morgan fingerprint density at radius 1 is 0.905 bits per heavy atom. The number of carboxylic acids is 1. The number of rotatable bonds is 3. The maximum Gasteiger partial charge on any atom is 0.336 e. The van der Waals surface area contributed by atoms with Crippen LogP contribution in [0.3, 0.4) is 0 Å². The molecule has 0 saturated carbocycles. The Hall–Kier alpha value is -2.01. The van der Waals surface area contributed by atoms with Crippen molar-refractivity contribution in [2.75, 3.05) is 0 Å². The lowest BCUT2D eigenvalue weighted by atomic mass is 10.0. The smallest absolute Gasteiger partial charge is 0.336 e. The monoisotopic (exact) mass is 332 g/mol. The Morgan fingerprint density at radius 2 is 1.43 bits per heavy atom. The standard InChI is InChI=1S/C11H8O8S2/c12-11(13)8-5-9(20(14,15)16)10(21(17,18)19)7-4-2-1-3-6(7)8/h1-5H,(H,12,13)(H,14,15,16)(H,17,18,19). The van der Waals surface area contributed by atoms with Crippen LogP contribution in [0.2, 0.25) is 0 Å². The summed E-state index contributed by atoms with van der Waals surface area (Å²) in [4.78, 5) is 8.91. The fraction of sp³-hybridized carbons (Fsp3) is 0. The molecule has 0 atom stereocenters. The average molecular weight is 332 g/mol. The first-order chi connectivity index (χ1) is 9.53. The molecule has 0 saturated heterocycles. The molecule has 2 aromatic rings. The zero-order valence-corrected chi connectivity index (χ0v) is 11.7. The Labute approximate surface area is 119 Å². The van der Waals surface area contributed by atoms with E-state index in [1.54, 1.807) is 0 Å². The highest BCUT2D eigenvalue weighted by molar-refractivity contribution is 7.89. The third-order valence-electron chi connectivity index (χ3n) is 2.73. The molecular weight excluding hydrogens is 324 g/mol. The molecule has 3 N–H and O–H groups in total. The van der Waals surface area contributed by atoms with Gasteiger partial charge in [-0.1, -0.05) is 24.3 Å². The Bertz CT molecular complexity index is 957. The molecule has 0 aliphatic carbocycles. The summed E-state index contributed by atoms with van der Waals surface area (Å²) < 4.78 is 63.8. The van der Waals surface area contributed by atoms with Crippen LogP contribution < -0.4 is 0 Å². The van der Waals surface area contributed by atoms with Crippen molar-refractivity contribution < 1.29 is 35.8 Å². The molecule has 112 valence electrons. The van der Waals surface area contributed by atoms with Gasteiger partial charge in [-0.2, -0.15) is 16.8 Å². The molecule has 0 radical (unpaired) electrons. The van der Waals surface area contributed by atoms with Gasteiger partial charge in [-0.3, -0.25) is 9.11 Å². The van der Waals surface area contributed by atoms with Crippen LogP contribution >= 0.6 is 0 Å². The minimum Gasteiger partial charge on any atom is -0.478 e. The van der Waals surface area contributed by atoms with Crippen molar-refractivity contribution in [3.05, 3.63) is 35.9 Å². The fourth-order valence-corrected chi connectivity index (χ4v) is 3.97. The summed E-state index contributed by atoms with van der Waals surface area (Å²) in [5.41, 5.74) is -0.523. The number of carboxylic acid groups (broad SMARTS) is 1. The van der Waals surface area contributed by atoms with E-state index in [4.69, 9.17) is 9.66 Å². The lowest BCUT2D eigenvalue weighted by Crippen LogP contribution is -2.12. The highest BCUT2D eigenvalue weighted by atomic mass is 32.2. The second-order valence-corrected chi connectivity index (χ2v) is 6.80. The van der Waals surface area contributed by atoms with E-state index < -0.39 is 41.6 Å². The molecule has 0 unspecified atom stereocenters. The molecular formula is C11H8O8S2. The summed E-state index contributed by atoms with van der Waals surface area (Å²) in [5.74, 6) is -1.52. The summed E-state index contributed by atoms with van der Waals surface area (Å²) in [7, 11) is -10.1. The molecule has 0 aliphatic heterocycles. The quantitative estimate of drug-likeness (QED) is 0.706. The highest BCUT2D eigenvalue weighted by Gasteiger charge is 2.29. The van der Waals surface area contributed by atoms with Gasteiger partial charge in [0.15, 0.2) is 0 Å². The van der Waals surface area contributed by atoms with Gasteiger partial charge in [0.1, 0.15) is 9.79 Å². The Morgan fingerprint density at radius 3 is 1.86 bits per heavy atom. The van der Waals surface area contributed by atoms with Gasteiger partial charge in [-0.25, -0.2) is 4.79 Å². The average Bonchev–Trinajstić information content (AvgIpc) is 2.34. The molecule has 0 heterocycles. The molecule has 0 spiro atoms. The second kappa shape index (κ2) is 4.77. The van der Waals surface area contributed by atoms with Gasteiger partial charge in [0.25, 0.3) is 20.2 Å². The minimum atomic E-state index is -5.07. The van der Waals surface area contributed by atoms with E-state index in [1.165, 1.54) is 18.2 Å². The zero-order valence-electron chi connectivity index (χ0n) is 10.1. The lowest BCUT2D eigenvalue weighted by molar-refractivity contribution is 0.0698. The van der Waals surface area contributed by atoms with Gasteiger partial charge in [0.2, 0.25) is 0 Å². The molecule has 2 aromatic carbocycles. The van der Waals surface area contributed by atoms with Crippen molar-refractivity contribution in [2.45, 2.75) is 9.79 Å². The maximum absolute atomic E-state index is 11.4. The molecule has 0 aromatic heterocycles. The van der Waals surface area contributed by atoms with Crippen LogP contribution in [-0.2, 0) is 20.2 Å². The Kier molecular flexibility index (Phi) is 3.49. The zero-order chi connectivity index (χ0) is 16.0. The number of fused-ring (bicyclic) bond motifs is 1. The normalized spacial score (nSPS) is 12.5. The predicted molar refractivity (Wildman–Crippen MR) is 70.5 cm³/mol. The van der Waals surface area contributed by atoms with E-state index >= 15 is 0 Å². The molecule has 10 heteroatoms. The molecule has 8 nitrogen and oxygen atoms in total. The molecule has 0 fully saturated rings. The van der Waals surface area contributed by atoms with Crippen molar-refractivity contribution >= 4 is 37.0 Å². The van der Waals surface area contributed by atoms with Crippen LogP contribution in [0.25, 0.3) is 10.8 Å². The van der Waals surface area contributed by atoms with Gasteiger partial charge in [-0.05, 0) is 11.5 Å². The second-order valence-electron chi connectivity index (χ2n) is 4.05. The van der Waals surface area contributed by atoms with E-state index in [2.05, 4.69) is 0 Å². The van der Waals surface area contributed by atoms with E-state index in [-0.39, 0.29) is 10.8 Å². The molecule has 0 aliphatic rings. The van der Waals surface area contributed by atoms with Crippen molar-refractivity contribution in [1.82, 2.24) is 0 Å². The Balaban J connectivity index is 3.20. The van der Waals surface area contributed by atoms with Crippen LogP contribution in [0, 0.1) is 0 Å². The third-order valence-corrected chi connectivity index (χ3v) is 4.69. The van der Waals surface area contributed by atoms with Gasteiger partial charge in [-0.15, -0.1) is 0 Å². The van der Waals surface area contributed by atoms with Gasteiger partial charge in [0.05, 0.1) is 5.56 Å². The third kappa shape index (κ3) is 2.74. The van der Waals surface area contributed by atoms with Crippen molar-refractivity contribution in [2.24, 2.45) is 0 Å². The predicted octanol–water partition coefficient (Wildman–Crippen LogP) is 1.03. The number of hydrogen-bond acceptors (Lipinski definition) is 5. The van der Waals surface area contributed by atoms with Crippen LogP contribution in [0.15, 0.2) is 40.1 Å². The van der Waals surface area contributed by atoms with E-state index in [0.717, 1.165) is 6.07 Å². The first-order valence-corrected chi connectivity index (χ1v) is 8.15.